The molecule has 2 heterocycles. The molecule has 1 aromatic rings. The first-order valence-corrected chi connectivity index (χ1v) is 15.9. The first-order chi connectivity index (χ1) is 20.1. The molecule has 2 N–H and O–H groups in total. The average molecular weight is 587 g/mol. The molecule has 6 aliphatic rings. The van der Waals surface area contributed by atoms with Crippen LogP contribution in [-0.2, 0) is 16.1 Å². The maximum Gasteiger partial charge on any atom is 0.395 e. The number of carbonyl (C=O) groups is 3. The number of benzene rings is 1. The van der Waals surface area contributed by atoms with Crippen LogP contribution in [-0.4, -0.2) is 60.0 Å². The molecule has 4 saturated carbocycles. The molecule has 4 aliphatic carbocycles. The molecular weight excluding hydrogens is 545 g/mol. The zero-order chi connectivity index (χ0) is 29.3. The predicted molar refractivity (Wildman–Crippen MR) is 151 cm³/mol. The normalized spacial score (nSPS) is 30.0. The molecule has 5 fully saturated rings. The molecule has 7 rings (SSSR count). The third kappa shape index (κ3) is 4.91. The van der Waals surface area contributed by atoms with Crippen LogP contribution in [0.1, 0.15) is 99.4 Å². The van der Waals surface area contributed by atoms with Crippen LogP contribution in [0.4, 0.5) is 18.9 Å². The topological polar surface area (TPSA) is 81.8 Å². The number of halogens is 3. The molecule has 0 aromatic heterocycles. The molecule has 0 radical (unpaired) electrons. The van der Waals surface area contributed by atoms with Crippen LogP contribution < -0.4 is 15.5 Å². The summed E-state index contributed by atoms with van der Waals surface area (Å²) >= 11 is 0. The molecule has 7 nitrogen and oxygen atoms in total. The standard InChI is InChI=1S/C32H41F3N4O3/c33-32(34,35)31(13-14-31)19-36-21-5-7-22(8-6-21)38(17-20-15-30(16-20)11-2-12-30)25-4-1-3-23-24(25)18-39(29(23)42)26-9-10-27(40)37-28(26)41/h1,3-4,20-22,26,36H,2,5-19H2,(H,37,40,41). The minimum atomic E-state index is -4.14. The summed E-state index contributed by atoms with van der Waals surface area (Å²) in [6.07, 6.45) is 6.80. The molecular formula is C32H41F3N4O3. The lowest BCUT2D eigenvalue weighted by atomic mass is 9.52. The number of nitrogens with zero attached hydrogens (tertiary/aromatic N) is 2. The third-order valence-corrected chi connectivity index (χ3v) is 11.5. The summed E-state index contributed by atoms with van der Waals surface area (Å²) in [4.78, 5) is 42.0. The number of rotatable bonds is 8. The Morgan fingerprint density at radius 2 is 1.74 bits per heavy atom. The SMILES string of the molecule is O=C1CCC(N2Cc3c(cccc3N(CC3CC4(CCC4)C3)C3CCC(NCC4(C(F)(F)F)CC4)CC3)C2=O)C(=O)N1. The van der Waals surface area contributed by atoms with Gasteiger partial charge in [-0.15, -0.1) is 0 Å². The number of amides is 3. The fourth-order valence-electron chi connectivity index (χ4n) is 8.58. The van der Waals surface area contributed by atoms with Crippen molar-refractivity contribution in [2.45, 2.75) is 114 Å². The van der Waals surface area contributed by atoms with E-state index >= 15 is 0 Å². The van der Waals surface area contributed by atoms with Gasteiger partial charge in [0.15, 0.2) is 0 Å². The van der Waals surface area contributed by atoms with Gasteiger partial charge in [0, 0.05) is 55.0 Å². The fourth-order valence-corrected chi connectivity index (χ4v) is 8.58. The van der Waals surface area contributed by atoms with Crippen molar-refractivity contribution in [2.24, 2.45) is 16.7 Å². The summed E-state index contributed by atoms with van der Waals surface area (Å²) in [6, 6.07) is 5.57. The van der Waals surface area contributed by atoms with Crippen LogP contribution in [0.3, 0.4) is 0 Å². The van der Waals surface area contributed by atoms with E-state index in [1.165, 1.54) is 32.1 Å². The summed E-state index contributed by atoms with van der Waals surface area (Å²) < 4.78 is 40.4. The highest BCUT2D eigenvalue weighted by atomic mass is 19.4. The van der Waals surface area contributed by atoms with Crippen LogP contribution in [0.15, 0.2) is 18.2 Å². The van der Waals surface area contributed by atoms with E-state index in [1.54, 1.807) is 4.90 Å². The quantitative estimate of drug-likeness (QED) is 0.416. The Balaban J connectivity index is 1.07. The van der Waals surface area contributed by atoms with Gasteiger partial charge in [-0.3, -0.25) is 19.7 Å². The molecule has 228 valence electrons. The van der Waals surface area contributed by atoms with E-state index in [2.05, 4.69) is 21.6 Å². The van der Waals surface area contributed by atoms with Crippen LogP contribution in [0, 0.1) is 16.7 Å². The first-order valence-electron chi connectivity index (χ1n) is 15.9. The average Bonchev–Trinajstić information content (AvgIpc) is 3.65. The molecule has 3 amide bonds. The van der Waals surface area contributed by atoms with E-state index < -0.39 is 23.5 Å². The molecule has 42 heavy (non-hydrogen) atoms. The van der Waals surface area contributed by atoms with Gasteiger partial charge in [0.2, 0.25) is 11.8 Å². The second-order valence-corrected chi connectivity index (χ2v) is 14.1. The molecule has 1 saturated heterocycles. The molecule has 10 heteroatoms. The summed E-state index contributed by atoms with van der Waals surface area (Å²) in [6.45, 7) is 1.28. The number of carbonyl (C=O) groups excluding carboxylic acids is 3. The van der Waals surface area contributed by atoms with Gasteiger partial charge in [-0.25, -0.2) is 0 Å². The minimum Gasteiger partial charge on any atom is -0.368 e. The molecule has 1 atom stereocenters. The van der Waals surface area contributed by atoms with Crippen molar-refractivity contribution in [2.75, 3.05) is 18.0 Å². The maximum absolute atomic E-state index is 13.5. The van der Waals surface area contributed by atoms with Gasteiger partial charge in [0.1, 0.15) is 6.04 Å². The number of hydrogen-bond acceptors (Lipinski definition) is 5. The van der Waals surface area contributed by atoms with Gasteiger partial charge in [-0.2, -0.15) is 13.2 Å². The molecule has 1 spiro atoms. The van der Waals surface area contributed by atoms with Crippen LogP contribution in [0.2, 0.25) is 0 Å². The predicted octanol–water partition coefficient (Wildman–Crippen LogP) is 5.08. The molecule has 0 bridgehead atoms. The number of hydrogen-bond donors (Lipinski definition) is 2. The highest BCUT2D eigenvalue weighted by Gasteiger charge is 2.62. The number of fused-ring (bicyclic) bond motifs is 1. The molecule has 1 aromatic carbocycles. The van der Waals surface area contributed by atoms with Gasteiger partial charge in [0.25, 0.3) is 5.91 Å². The zero-order valence-electron chi connectivity index (χ0n) is 24.1. The van der Waals surface area contributed by atoms with Crippen molar-refractivity contribution in [1.29, 1.82) is 0 Å². The van der Waals surface area contributed by atoms with E-state index in [0.29, 0.717) is 29.9 Å². The maximum atomic E-state index is 13.5. The lowest BCUT2D eigenvalue weighted by Crippen LogP contribution is -2.52. The Kier molecular flexibility index (Phi) is 6.87. The van der Waals surface area contributed by atoms with Crippen molar-refractivity contribution in [3.8, 4) is 0 Å². The van der Waals surface area contributed by atoms with Crippen LogP contribution in [0.25, 0.3) is 0 Å². The fraction of sp³-hybridized carbons (Fsp3) is 0.719. The smallest absolute Gasteiger partial charge is 0.368 e. The second kappa shape index (κ2) is 10.2. The van der Waals surface area contributed by atoms with Gasteiger partial charge >= 0.3 is 6.18 Å². The van der Waals surface area contributed by atoms with Gasteiger partial charge in [-0.05, 0) is 94.1 Å². The van der Waals surface area contributed by atoms with Crippen molar-refractivity contribution in [3.05, 3.63) is 29.3 Å². The second-order valence-electron chi connectivity index (χ2n) is 14.1. The lowest BCUT2D eigenvalue weighted by Gasteiger charge is -2.56. The Morgan fingerprint density at radius 3 is 2.36 bits per heavy atom. The van der Waals surface area contributed by atoms with Gasteiger partial charge in [-0.1, -0.05) is 12.5 Å². The van der Waals surface area contributed by atoms with Crippen molar-refractivity contribution >= 4 is 23.4 Å². The molecule has 2 aliphatic heterocycles. The lowest BCUT2D eigenvalue weighted by molar-refractivity contribution is -0.186. The summed E-state index contributed by atoms with van der Waals surface area (Å²) in [5.41, 5.74) is 1.65. The van der Waals surface area contributed by atoms with E-state index in [1.807, 2.05) is 12.1 Å². The van der Waals surface area contributed by atoms with E-state index in [9.17, 15) is 27.6 Å². The molecule has 1 unspecified atom stereocenters. The Morgan fingerprint density at radius 1 is 1.00 bits per heavy atom. The monoisotopic (exact) mass is 586 g/mol. The van der Waals surface area contributed by atoms with Crippen molar-refractivity contribution < 1.29 is 27.6 Å². The van der Waals surface area contributed by atoms with E-state index in [-0.39, 0.29) is 49.7 Å². The van der Waals surface area contributed by atoms with E-state index in [4.69, 9.17) is 0 Å². The summed E-state index contributed by atoms with van der Waals surface area (Å²) in [5, 5.41) is 5.65. The Labute approximate surface area is 244 Å². The van der Waals surface area contributed by atoms with E-state index in [0.717, 1.165) is 43.5 Å². The van der Waals surface area contributed by atoms with Crippen LogP contribution >= 0.6 is 0 Å². The number of nitrogens with one attached hydrogen (secondary N) is 2. The van der Waals surface area contributed by atoms with Crippen molar-refractivity contribution in [3.63, 3.8) is 0 Å². The highest BCUT2D eigenvalue weighted by Crippen LogP contribution is 2.59. The summed E-state index contributed by atoms with van der Waals surface area (Å²) in [5.74, 6) is -0.269. The summed E-state index contributed by atoms with van der Waals surface area (Å²) in [7, 11) is 0. The minimum absolute atomic E-state index is 0.0180. The largest absolute Gasteiger partial charge is 0.395 e. The first kappa shape index (κ1) is 28.2. The van der Waals surface area contributed by atoms with Gasteiger partial charge in [0.05, 0.1) is 5.41 Å². The number of anilines is 1. The Hall–Kier alpha value is -2.62. The third-order valence-electron chi connectivity index (χ3n) is 11.5. The number of imide groups is 1. The van der Waals surface area contributed by atoms with Crippen molar-refractivity contribution in [1.82, 2.24) is 15.5 Å². The van der Waals surface area contributed by atoms with Gasteiger partial charge < -0.3 is 15.1 Å². The Bertz CT molecular complexity index is 1260. The highest BCUT2D eigenvalue weighted by molar-refractivity contribution is 6.06. The number of piperidine rings is 1. The van der Waals surface area contributed by atoms with Crippen LogP contribution in [0.5, 0.6) is 0 Å². The zero-order valence-corrected chi connectivity index (χ0v) is 24.1. The number of alkyl halides is 3.